The van der Waals surface area contributed by atoms with Crippen LogP contribution in [-0.4, -0.2) is 57.4 Å². The molecule has 2 atom stereocenters. The van der Waals surface area contributed by atoms with E-state index >= 15 is 0 Å². The van der Waals surface area contributed by atoms with E-state index in [1.807, 2.05) is 51.1 Å². The summed E-state index contributed by atoms with van der Waals surface area (Å²) in [5.41, 5.74) is 2.09. The lowest BCUT2D eigenvalue weighted by Gasteiger charge is -2.32. The van der Waals surface area contributed by atoms with Crippen LogP contribution >= 0.6 is 11.6 Å². The number of carbonyl (C=O) groups excluding carboxylic acids is 2. The summed E-state index contributed by atoms with van der Waals surface area (Å²) in [6, 6.07) is 19.6. The first-order chi connectivity index (χ1) is 19.5. The molecule has 8 nitrogen and oxygen atoms in total. The predicted octanol–water partition coefficient (Wildman–Crippen LogP) is 5.23. The molecule has 0 spiro atoms. The SMILES string of the molecule is CC[C@H](C)NC(=O)[C@@H](C)N(CCc1ccccc1)C(=O)CN(c1ccc(OC)c(Cl)c1)S(=O)(=O)c1ccc(C)cc1. The van der Waals surface area contributed by atoms with E-state index in [1.165, 1.54) is 36.3 Å². The van der Waals surface area contributed by atoms with E-state index in [4.69, 9.17) is 16.3 Å². The minimum atomic E-state index is -4.19. The van der Waals surface area contributed by atoms with E-state index in [9.17, 15) is 18.0 Å². The van der Waals surface area contributed by atoms with Crippen LogP contribution in [0, 0.1) is 6.92 Å². The Morgan fingerprint density at radius 3 is 2.24 bits per heavy atom. The fraction of sp³-hybridized carbons (Fsp3) is 0.355. The van der Waals surface area contributed by atoms with E-state index in [0.29, 0.717) is 12.2 Å². The van der Waals surface area contributed by atoms with E-state index in [2.05, 4.69) is 5.32 Å². The van der Waals surface area contributed by atoms with Crippen molar-refractivity contribution < 1.29 is 22.7 Å². The molecule has 0 aromatic heterocycles. The number of sulfonamides is 1. The second kappa shape index (κ2) is 14.4. The van der Waals surface area contributed by atoms with E-state index in [1.54, 1.807) is 25.1 Å². The van der Waals surface area contributed by atoms with Crippen molar-refractivity contribution in [2.45, 2.75) is 57.5 Å². The van der Waals surface area contributed by atoms with E-state index in [-0.39, 0.29) is 34.1 Å². The summed E-state index contributed by atoms with van der Waals surface area (Å²) in [5.74, 6) is -0.453. The van der Waals surface area contributed by atoms with Crippen molar-refractivity contribution in [2.75, 3.05) is 24.5 Å². The summed E-state index contributed by atoms with van der Waals surface area (Å²) < 4.78 is 34.1. The van der Waals surface area contributed by atoms with Crippen LogP contribution in [0.5, 0.6) is 5.75 Å². The number of hydrogen-bond donors (Lipinski definition) is 1. The van der Waals surface area contributed by atoms with Crippen LogP contribution in [0.3, 0.4) is 0 Å². The molecule has 0 aliphatic rings. The average molecular weight is 600 g/mol. The normalized spacial score (nSPS) is 12.7. The van der Waals surface area contributed by atoms with Gasteiger partial charge in [0.05, 0.1) is 22.7 Å². The number of carbonyl (C=O) groups is 2. The van der Waals surface area contributed by atoms with Crippen molar-refractivity contribution in [3.05, 3.63) is 88.9 Å². The second-order valence-corrected chi connectivity index (χ2v) is 12.2. The monoisotopic (exact) mass is 599 g/mol. The van der Waals surface area contributed by atoms with Gasteiger partial charge in [0.15, 0.2) is 0 Å². The van der Waals surface area contributed by atoms with Gasteiger partial charge in [0, 0.05) is 12.6 Å². The van der Waals surface area contributed by atoms with Crippen molar-refractivity contribution in [1.82, 2.24) is 10.2 Å². The molecule has 41 heavy (non-hydrogen) atoms. The Morgan fingerprint density at radius 2 is 1.66 bits per heavy atom. The predicted molar refractivity (Wildman–Crippen MR) is 163 cm³/mol. The molecule has 1 N–H and O–H groups in total. The molecule has 0 unspecified atom stereocenters. The minimum absolute atomic E-state index is 0.0289. The molecule has 220 valence electrons. The van der Waals surface area contributed by atoms with Crippen LogP contribution in [0.15, 0.2) is 77.7 Å². The van der Waals surface area contributed by atoms with Gasteiger partial charge in [-0.1, -0.05) is 66.6 Å². The molecule has 0 saturated heterocycles. The number of nitrogens with zero attached hydrogens (tertiary/aromatic N) is 2. The van der Waals surface area contributed by atoms with Gasteiger partial charge in [-0.15, -0.1) is 0 Å². The van der Waals surface area contributed by atoms with Crippen LogP contribution in [-0.2, 0) is 26.0 Å². The Balaban J connectivity index is 2.01. The van der Waals surface area contributed by atoms with Crippen LogP contribution in [0.25, 0.3) is 0 Å². The fourth-order valence-electron chi connectivity index (χ4n) is 4.21. The minimum Gasteiger partial charge on any atom is -0.495 e. The van der Waals surface area contributed by atoms with Crippen molar-refractivity contribution >= 4 is 39.1 Å². The first kappa shape index (κ1) is 32.0. The van der Waals surface area contributed by atoms with Crippen LogP contribution in [0.1, 0.15) is 38.3 Å². The number of nitrogens with one attached hydrogen (secondary N) is 1. The lowest BCUT2D eigenvalue weighted by atomic mass is 10.1. The maximum Gasteiger partial charge on any atom is 0.264 e. The molecular weight excluding hydrogens is 562 g/mol. The number of anilines is 1. The summed E-state index contributed by atoms with van der Waals surface area (Å²) in [5, 5.41) is 3.13. The summed E-state index contributed by atoms with van der Waals surface area (Å²) in [6.45, 7) is 7.06. The number of amides is 2. The van der Waals surface area contributed by atoms with Crippen LogP contribution < -0.4 is 14.4 Å². The lowest BCUT2D eigenvalue weighted by molar-refractivity contribution is -0.139. The highest BCUT2D eigenvalue weighted by molar-refractivity contribution is 7.92. The third-order valence-electron chi connectivity index (χ3n) is 6.96. The molecule has 0 aliphatic heterocycles. The van der Waals surface area contributed by atoms with Gasteiger partial charge in [-0.05, 0) is 69.5 Å². The Labute approximate surface area is 248 Å². The molecule has 0 aliphatic carbocycles. The Morgan fingerprint density at radius 1 is 1.00 bits per heavy atom. The molecule has 0 saturated carbocycles. The molecule has 0 heterocycles. The number of aryl methyl sites for hydroxylation is 1. The molecular formula is C31H38ClN3O5S. The Hall–Kier alpha value is -3.56. The van der Waals surface area contributed by atoms with Crippen LogP contribution in [0.2, 0.25) is 5.02 Å². The molecule has 3 aromatic rings. The average Bonchev–Trinajstić information content (AvgIpc) is 2.96. The zero-order valence-electron chi connectivity index (χ0n) is 24.1. The Bertz CT molecular complexity index is 1430. The number of rotatable bonds is 13. The van der Waals surface area contributed by atoms with Crippen LogP contribution in [0.4, 0.5) is 5.69 Å². The first-order valence-corrected chi connectivity index (χ1v) is 15.4. The first-order valence-electron chi connectivity index (χ1n) is 13.5. The highest BCUT2D eigenvalue weighted by Crippen LogP contribution is 2.32. The zero-order chi connectivity index (χ0) is 30.2. The number of methoxy groups -OCH3 is 1. The van der Waals surface area contributed by atoms with Crippen molar-refractivity contribution in [3.8, 4) is 5.75 Å². The number of hydrogen-bond acceptors (Lipinski definition) is 5. The molecule has 0 radical (unpaired) electrons. The molecule has 10 heteroatoms. The highest BCUT2D eigenvalue weighted by atomic mass is 35.5. The van der Waals surface area contributed by atoms with Crippen molar-refractivity contribution in [1.29, 1.82) is 0 Å². The van der Waals surface area contributed by atoms with E-state index < -0.39 is 28.5 Å². The van der Waals surface area contributed by atoms with Crippen molar-refractivity contribution in [2.24, 2.45) is 0 Å². The number of benzene rings is 3. The highest BCUT2D eigenvalue weighted by Gasteiger charge is 2.33. The molecule has 0 fully saturated rings. The summed E-state index contributed by atoms with van der Waals surface area (Å²) in [6.07, 6.45) is 1.23. The number of halogens is 1. The van der Waals surface area contributed by atoms with E-state index in [0.717, 1.165) is 21.9 Å². The third kappa shape index (κ3) is 8.24. The summed E-state index contributed by atoms with van der Waals surface area (Å²) >= 11 is 6.37. The zero-order valence-corrected chi connectivity index (χ0v) is 25.7. The lowest BCUT2D eigenvalue weighted by Crippen LogP contribution is -2.53. The second-order valence-electron chi connectivity index (χ2n) is 9.96. The Kier molecular flexibility index (Phi) is 11.2. The molecule has 0 bridgehead atoms. The number of ether oxygens (including phenoxy) is 1. The molecule has 2 amide bonds. The quantitative estimate of drug-likeness (QED) is 0.290. The fourth-order valence-corrected chi connectivity index (χ4v) is 5.87. The van der Waals surface area contributed by atoms with Gasteiger partial charge >= 0.3 is 0 Å². The van der Waals surface area contributed by atoms with Gasteiger partial charge in [-0.25, -0.2) is 8.42 Å². The maximum absolute atomic E-state index is 14.0. The van der Waals surface area contributed by atoms with Crippen molar-refractivity contribution in [3.63, 3.8) is 0 Å². The maximum atomic E-state index is 14.0. The third-order valence-corrected chi connectivity index (χ3v) is 9.05. The molecule has 3 aromatic carbocycles. The topological polar surface area (TPSA) is 96.0 Å². The largest absolute Gasteiger partial charge is 0.495 e. The standard InChI is InChI=1S/C31H38ClN3O5S/c1-6-23(3)33-31(37)24(4)34(19-18-25-10-8-7-9-11-25)30(36)21-35(26-14-17-29(40-5)28(32)20-26)41(38,39)27-15-12-22(2)13-16-27/h7-17,20,23-24H,6,18-19,21H2,1-5H3,(H,33,37)/t23-,24+/m0/s1. The smallest absolute Gasteiger partial charge is 0.264 e. The van der Waals surface area contributed by atoms with Gasteiger partial charge in [0.25, 0.3) is 10.0 Å². The van der Waals surface area contributed by atoms with Gasteiger partial charge in [0.2, 0.25) is 11.8 Å². The molecule has 3 rings (SSSR count). The van der Waals surface area contributed by atoms with Gasteiger partial charge in [-0.2, -0.15) is 0 Å². The van der Waals surface area contributed by atoms with Gasteiger partial charge < -0.3 is 15.0 Å². The van der Waals surface area contributed by atoms with Gasteiger partial charge in [-0.3, -0.25) is 13.9 Å². The summed E-state index contributed by atoms with van der Waals surface area (Å²) in [7, 11) is -2.73. The van der Waals surface area contributed by atoms with Gasteiger partial charge in [0.1, 0.15) is 18.3 Å². The summed E-state index contributed by atoms with van der Waals surface area (Å²) in [4.78, 5) is 28.6.